The second kappa shape index (κ2) is 6.03. The van der Waals surface area contributed by atoms with Crippen molar-refractivity contribution in [2.24, 2.45) is 5.92 Å². The average molecular weight is 270 g/mol. The fourth-order valence-electron chi connectivity index (χ4n) is 3.02. The molecule has 0 heterocycles. The second-order valence-electron chi connectivity index (χ2n) is 5.27. The summed E-state index contributed by atoms with van der Waals surface area (Å²) in [6.07, 6.45) is 3.39. The third-order valence-corrected chi connectivity index (χ3v) is 4.42. The number of halogens is 2. The van der Waals surface area contributed by atoms with Crippen molar-refractivity contribution in [3.05, 3.63) is 34.6 Å². The summed E-state index contributed by atoms with van der Waals surface area (Å²) in [5.41, 5.74) is 0.977. The molecule has 3 atom stereocenters. The van der Waals surface area contributed by atoms with Gasteiger partial charge in [0.05, 0.1) is 0 Å². The Kier molecular flexibility index (Phi) is 4.63. The quantitative estimate of drug-likeness (QED) is 0.856. The molecule has 1 N–H and O–H groups in total. The molecule has 1 fully saturated rings. The van der Waals surface area contributed by atoms with E-state index in [9.17, 15) is 4.39 Å². The molecule has 1 aromatic carbocycles. The Labute approximate surface area is 114 Å². The summed E-state index contributed by atoms with van der Waals surface area (Å²) in [4.78, 5) is 0. The maximum Gasteiger partial charge on any atom is 0.123 e. The van der Waals surface area contributed by atoms with Crippen LogP contribution in [0.15, 0.2) is 18.2 Å². The van der Waals surface area contributed by atoms with Crippen molar-refractivity contribution in [2.75, 3.05) is 6.54 Å². The monoisotopic (exact) mass is 269 g/mol. The summed E-state index contributed by atoms with van der Waals surface area (Å²) in [5.74, 6) is 0.699. The van der Waals surface area contributed by atoms with E-state index in [-0.39, 0.29) is 5.82 Å². The zero-order valence-electron chi connectivity index (χ0n) is 11.0. The zero-order valence-corrected chi connectivity index (χ0v) is 11.8. The van der Waals surface area contributed by atoms with Crippen molar-refractivity contribution in [3.8, 4) is 0 Å². The number of nitrogens with one attached hydrogen (secondary N) is 1. The van der Waals surface area contributed by atoms with Crippen molar-refractivity contribution in [2.45, 2.75) is 45.1 Å². The summed E-state index contributed by atoms with van der Waals surface area (Å²) in [5, 5.41) is 4.28. The molecule has 2 rings (SSSR count). The van der Waals surface area contributed by atoms with E-state index in [0.717, 1.165) is 31.4 Å². The van der Waals surface area contributed by atoms with Gasteiger partial charge in [0.25, 0.3) is 0 Å². The highest BCUT2D eigenvalue weighted by Gasteiger charge is 2.34. The van der Waals surface area contributed by atoms with Crippen LogP contribution in [0.1, 0.15) is 44.6 Å². The molecule has 0 spiro atoms. The van der Waals surface area contributed by atoms with Crippen LogP contribution >= 0.6 is 11.6 Å². The molecular weight excluding hydrogens is 249 g/mol. The summed E-state index contributed by atoms with van der Waals surface area (Å²) in [6, 6.07) is 5.24. The minimum Gasteiger partial charge on any atom is -0.314 e. The summed E-state index contributed by atoms with van der Waals surface area (Å²) in [6.45, 7) is 5.47. The first kappa shape index (κ1) is 13.8. The molecule has 100 valence electrons. The SMILES string of the molecule is CCCNC1CCC(c2cc(F)ccc2Cl)C1C. The molecule has 1 nitrogen and oxygen atoms in total. The van der Waals surface area contributed by atoms with Gasteiger partial charge in [0.15, 0.2) is 0 Å². The summed E-state index contributed by atoms with van der Waals surface area (Å²) >= 11 is 6.21. The minimum atomic E-state index is -0.188. The smallest absolute Gasteiger partial charge is 0.123 e. The topological polar surface area (TPSA) is 12.0 Å². The van der Waals surface area contributed by atoms with Gasteiger partial charge in [0, 0.05) is 11.1 Å². The summed E-state index contributed by atoms with van der Waals surface area (Å²) < 4.78 is 13.4. The van der Waals surface area contributed by atoms with Gasteiger partial charge in [-0.15, -0.1) is 0 Å². The Hall–Kier alpha value is -0.600. The molecule has 0 amide bonds. The number of benzene rings is 1. The van der Waals surface area contributed by atoms with Crippen molar-refractivity contribution in [1.82, 2.24) is 5.32 Å². The zero-order chi connectivity index (χ0) is 13.1. The van der Waals surface area contributed by atoms with Gasteiger partial charge in [-0.3, -0.25) is 0 Å². The predicted octanol–water partition coefficient (Wildman–Crippen LogP) is 4.36. The van der Waals surface area contributed by atoms with E-state index in [1.807, 2.05) is 0 Å². The van der Waals surface area contributed by atoms with E-state index in [1.54, 1.807) is 12.1 Å². The van der Waals surface area contributed by atoms with Gasteiger partial charge in [-0.25, -0.2) is 4.39 Å². The Bertz CT molecular complexity index is 407. The molecule has 0 bridgehead atoms. The first-order valence-corrected chi connectivity index (χ1v) is 7.19. The lowest BCUT2D eigenvalue weighted by Crippen LogP contribution is -2.32. The van der Waals surface area contributed by atoms with Gasteiger partial charge in [0.1, 0.15) is 5.82 Å². The number of rotatable bonds is 4. The number of hydrogen-bond acceptors (Lipinski definition) is 1. The molecule has 1 aliphatic rings. The standard InChI is InChI=1S/C15H21ClFN/c1-3-8-18-15-7-5-12(10(15)2)13-9-11(17)4-6-14(13)16/h4,6,9-10,12,15,18H,3,5,7-8H2,1-2H3. The van der Waals surface area contributed by atoms with Crippen LogP contribution < -0.4 is 5.32 Å². The van der Waals surface area contributed by atoms with E-state index in [4.69, 9.17) is 11.6 Å². The van der Waals surface area contributed by atoms with Crippen LogP contribution in [-0.2, 0) is 0 Å². The lowest BCUT2D eigenvalue weighted by atomic mass is 9.88. The molecule has 0 saturated heterocycles. The highest BCUT2D eigenvalue weighted by Crippen LogP contribution is 2.42. The lowest BCUT2D eigenvalue weighted by molar-refractivity contribution is 0.404. The van der Waals surface area contributed by atoms with Crippen LogP contribution in [-0.4, -0.2) is 12.6 Å². The van der Waals surface area contributed by atoms with E-state index in [1.165, 1.54) is 6.07 Å². The molecule has 0 aromatic heterocycles. The van der Waals surface area contributed by atoms with Gasteiger partial charge >= 0.3 is 0 Å². The normalized spacial score (nSPS) is 27.7. The average Bonchev–Trinajstić information content (AvgIpc) is 2.71. The van der Waals surface area contributed by atoms with Crippen LogP contribution in [0.25, 0.3) is 0 Å². The molecule has 1 aliphatic carbocycles. The van der Waals surface area contributed by atoms with Crippen LogP contribution in [0, 0.1) is 11.7 Å². The Morgan fingerprint density at radius 1 is 1.39 bits per heavy atom. The second-order valence-corrected chi connectivity index (χ2v) is 5.68. The van der Waals surface area contributed by atoms with E-state index < -0.39 is 0 Å². The molecule has 0 aliphatic heterocycles. The first-order chi connectivity index (χ1) is 8.63. The highest BCUT2D eigenvalue weighted by molar-refractivity contribution is 6.31. The van der Waals surface area contributed by atoms with Gasteiger partial charge in [-0.05, 0) is 61.4 Å². The van der Waals surface area contributed by atoms with Gasteiger partial charge in [-0.1, -0.05) is 25.4 Å². The fourth-order valence-corrected chi connectivity index (χ4v) is 3.28. The molecular formula is C15H21ClFN. The molecule has 3 unspecified atom stereocenters. The van der Waals surface area contributed by atoms with E-state index in [0.29, 0.717) is 22.9 Å². The predicted molar refractivity (Wildman–Crippen MR) is 74.6 cm³/mol. The van der Waals surface area contributed by atoms with Crippen molar-refractivity contribution < 1.29 is 4.39 Å². The van der Waals surface area contributed by atoms with Gasteiger partial charge in [0.2, 0.25) is 0 Å². The van der Waals surface area contributed by atoms with Gasteiger partial charge in [-0.2, -0.15) is 0 Å². The van der Waals surface area contributed by atoms with Crippen molar-refractivity contribution in [3.63, 3.8) is 0 Å². The third-order valence-electron chi connectivity index (χ3n) is 4.07. The van der Waals surface area contributed by atoms with Gasteiger partial charge < -0.3 is 5.32 Å². The Balaban J connectivity index is 2.12. The van der Waals surface area contributed by atoms with Crippen LogP contribution in [0.3, 0.4) is 0 Å². The van der Waals surface area contributed by atoms with Crippen molar-refractivity contribution >= 4 is 11.6 Å². The molecule has 1 aromatic rings. The molecule has 1 saturated carbocycles. The third kappa shape index (κ3) is 2.86. The largest absolute Gasteiger partial charge is 0.314 e. The van der Waals surface area contributed by atoms with Crippen LogP contribution in [0.2, 0.25) is 5.02 Å². The molecule has 3 heteroatoms. The van der Waals surface area contributed by atoms with Crippen LogP contribution in [0.4, 0.5) is 4.39 Å². The Morgan fingerprint density at radius 2 is 2.17 bits per heavy atom. The minimum absolute atomic E-state index is 0.188. The highest BCUT2D eigenvalue weighted by atomic mass is 35.5. The van der Waals surface area contributed by atoms with E-state index in [2.05, 4.69) is 19.2 Å². The van der Waals surface area contributed by atoms with E-state index >= 15 is 0 Å². The van der Waals surface area contributed by atoms with Crippen molar-refractivity contribution in [1.29, 1.82) is 0 Å². The molecule has 18 heavy (non-hydrogen) atoms. The summed E-state index contributed by atoms with van der Waals surface area (Å²) in [7, 11) is 0. The van der Waals surface area contributed by atoms with Crippen LogP contribution in [0.5, 0.6) is 0 Å². The Morgan fingerprint density at radius 3 is 2.89 bits per heavy atom. The maximum atomic E-state index is 13.4. The maximum absolute atomic E-state index is 13.4. The lowest BCUT2D eigenvalue weighted by Gasteiger charge is -2.22. The first-order valence-electron chi connectivity index (χ1n) is 6.81. The fraction of sp³-hybridized carbons (Fsp3) is 0.600. The number of hydrogen-bond donors (Lipinski definition) is 1. The molecule has 0 radical (unpaired) electrons.